The molecule has 1 heterocycles. The van der Waals surface area contributed by atoms with E-state index in [-0.39, 0.29) is 18.1 Å². The van der Waals surface area contributed by atoms with Crippen molar-refractivity contribution < 1.29 is 24.1 Å². The first-order valence-electron chi connectivity index (χ1n) is 17.5. The Morgan fingerprint density at radius 3 is 2.31 bits per heavy atom. The third-order valence-corrected chi connectivity index (χ3v) is 10.0. The Morgan fingerprint density at radius 2 is 1.62 bits per heavy atom. The van der Waals surface area contributed by atoms with E-state index >= 15 is 0 Å². The van der Waals surface area contributed by atoms with Gasteiger partial charge in [-0.05, 0) is 48.4 Å². The van der Waals surface area contributed by atoms with Gasteiger partial charge in [0.25, 0.3) is 10.9 Å². The number of rotatable bonds is 18. The third-order valence-electron chi connectivity index (χ3n) is 10.0. The normalized spacial score (nSPS) is 19.2. The fourth-order valence-corrected chi connectivity index (χ4v) is 7.44. The van der Waals surface area contributed by atoms with Crippen LogP contribution in [0.2, 0.25) is 0 Å². The van der Waals surface area contributed by atoms with Crippen molar-refractivity contribution in [2.24, 2.45) is 11.8 Å². The largest absolute Gasteiger partial charge is 0.497 e. The number of benzene rings is 2. The molecule has 3 aromatic carbocycles. The molecule has 1 saturated heterocycles. The summed E-state index contributed by atoms with van der Waals surface area (Å²) in [6.45, 7) is 3.09. The van der Waals surface area contributed by atoms with Gasteiger partial charge in [-0.25, -0.2) is 0 Å². The van der Waals surface area contributed by atoms with E-state index in [1.54, 1.807) is 21.3 Å². The number of ether oxygens (including phenoxy) is 4. The molecule has 48 heavy (non-hydrogen) atoms. The SMILES string of the molecule is COCCOC(c1ccccc1)C1CCCN(c2c(N[C@@H](CC3CCCCC3)[C@@H](O)CNCc3cc(OC)cc(OC)c3)c(=O)c2=O)C1. The summed E-state index contributed by atoms with van der Waals surface area (Å²) < 4.78 is 22.4. The van der Waals surface area contributed by atoms with E-state index in [4.69, 9.17) is 18.9 Å². The van der Waals surface area contributed by atoms with Gasteiger partial charge in [0.05, 0.1) is 45.7 Å². The summed E-state index contributed by atoms with van der Waals surface area (Å²) in [5, 5.41) is 18.3. The van der Waals surface area contributed by atoms with Crippen LogP contribution in [-0.4, -0.2) is 71.4 Å². The van der Waals surface area contributed by atoms with E-state index in [1.165, 1.54) is 19.3 Å². The van der Waals surface area contributed by atoms with Gasteiger partial charge in [0.1, 0.15) is 22.9 Å². The van der Waals surface area contributed by atoms with Gasteiger partial charge in [-0.3, -0.25) is 9.59 Å². The summed E-state index contributed by atoms with van der Waals surface area (Å²) in [6.07, 6.45) is 7.46. The Bertz CT molecular complexity index is 1460. The van der Waals surface area contributed by atoms with Gasteiger partial charge >= 0.3 is 0 Å². The molecule has 0 bridgehead atoms. The monoisotopic (exact) mass is 663 g/mol. The zero-order valence-electron chi connectivity index (χ0n) is 28.7. The van der Waals surface area contributed by atoms with Crippen molar-refractivity contribution in [3.05, 3.63) is 80.1 Å². The number of hydrogen-bond acceptors (Lipinski definition) is 10. The number of hydrogen-bond donors (Lipinski definition) is 3. The molecule has 1 aliphatic heterocycles. The average Bonchev–Trinajstić information content (AvgIpc) is 3.13. The van der Waals surface area contributed by atoms with Crippen LogP contribution < -0.4 is 35.9 Å². The average molecular weight is 664 g/mol. The fourth-order valence-electron chi connectivity index (χ4n) is 7.44. The Morgan fingerprint density at radius 1 is 0.896 bits per heavy atom. The molecule has 10 nitrogen and oxygen atoms in total. The summed E-state index contributed by atoms with van der Waals surface area (Å²) >= 11 is 0. The first kappa shape index (κ1) is 35.9. The number of piperidine rings is 1. The van der Waals surface area contributed by atoms with Crippen molar-refractivity contribution in [3.8, 4) is 11.5 Å². The minimum Gasteiger partial charge on any atom is -0.497 e. The van der Waals surface area contributed by atoms with Crippen LogP contribution in [0.5, 0.6) is 11.5 Å². The predicted octanol–water partition coefficient (Wildman–Crippen LogP) is 4.82. The molecule has 2 fully saturated rings. The molecule has 3 N–H and O–H groups in total. The van der Waals surface area contributed by atoms with Crippen LogP contribution in [0.25, 0.3) is 0 Å². The molecule has 0 amide bonds. The molecule has 2 aliphatic rings. The summed E-state index contributed by atoms with van der Waals surface area (Å²) in [6, 6.07) is 15.5. The minimum absolute atomic E-state index is 0.137. The Kier molecular flexibility index (Phi) is 13.3. The van der Waals surface area contributed by atoms with E-state index in [1.807, 2.05) is 36.4 Å². The highest BCUT2D eigenvalue weighted by molar-refractivity contribution is 5.75. The topological polar surface area (TPSA) is 119 Å². The summed E-state index contributed by atoms with van der Waals surface area (Å²) in [5.74, 6) is 2.00. The Hall–Kier alpha value is -3.44. The molecule has 0 radical (unpaired) electrons. The quantitative estimate of drug-likeness (QED) is 0.129. The first-order chi connectivity index (χ1) is 23.4. The second-order valence-electron chi connectivity index (χ2n) is 13.3. The van der Waals surface area contributed by atoms with Crippen molar-refractivity contribution in [1.82, 2.24) is 5.32 Å². The molecule has 5 rings (SSSR count). The van der Waals surface area contributed by atoms with Crippen molar-refractivity contribution >= 4 is 11.4 Å². The molecule has 0 aromatic heterocycles. The van der Waals surface area contributed by atoms with Crippen molar-refractivity contribution in [1.29, 1.82) is 0 Å². The van der Waals surface area contributed by atoms with E-state index in [0.29, 0.717) is 68.2 Å². The number of nitrogens with zero attached hydrogens (tertiary/aromatic N) is 1. The smallest absolute Gasteiger partial charge is 0.253 e. The molecule has 2 unspecified atom stereocenters. The van der Waals surface area contributed by atoms with E-state index < -0.39 is 17.0 Å². The zero-order valence-corrected chi connectivity index (χ0v) is 28.7. The predicted molar refractivity (Wildman–Crippen MR) is 189 cm³/mol. The molecular formula is C38H53N3O7. The van der Waals surface area contributed by atoms with Gasteiger partial charge in [-0.1, -0.05) is 62.4 Å². The standard InChI is InChI=1S/C38H53N3O7/c1-45-17-18-48-38(28-13-8-5-9-14-28)29-15-10-16-41(25-29)35-34(36(43)37(35)44)40-32(21-26-11-6-4-7-12-26)33(42)24-39-23-27-19-30(46-2)22-31(20-27)47-3/h5,8-9,13-14,19-20,22,26,29,32-33,38-40,42H,4,6-7,10-12,15-18,21,23-25H2,1-3H3/t29?,32-,33-,38?/m0/s1. The second kappa shape index (κ2) is 17.8. The number of aliphatic hydroxyl groups excluding tert-OH is 1. The molecule has 262 valence electrons. The lowest BCUT2D eigenvalue weighted by molar-refractivity contribution is -0.0181. The van der Waals surface area contributed by atoms with Crippen molar-refractivity contribution in [2.45, 2.75) is 76.2 Å². The van der Waals surface area contributed by atoms with Crippen LogP contribution in [0.3, 0.4) is 0 Å². The number of nitrogens with one attached hydrogen (secondary N) is 2. The molecule has 1 aliphatic carbocycles. The maximum absolute atomic E-state index is 13.2. The van der Waals surface area contributed by atoms with Crippen LogP contribution in [0, 0.1) is 11.8 Å². The number of anilines is 2. The van der Waals surface area contributed by atoms with Gasteiger partial charge in [0.15, 0.2) is 0 Å². The molecule has 3 aromatic rings. The Balaban J connectivity index is 1.30. The lowest BCUT2D eigenvalue weighted by Crippen LogP contribution is -2.50. The van der Waals surface area contributed by atoms with Crippen LogP contribution in [0.15, 0.2) is 58.1 Å². The third kappa shape index (κ3) is 9.16. The zero-order chi connectivity index (χ0) is 33.9. The van der Waals surface area contributed by atoms with Crippen molar-refractivity contribution in [2.75, 3.05) is 64.4 Å². The van der Waals surface area contributed by atoms with Crippen LogP contribution in [0.1, 0.15) is 68.6 Å². The first-order valence-corrected chi connectivity index (χ1v) is 17.5. The highest BCUT2D eigenvalue weighted by Gasteiger charge is 2.35. The number of methoxy groups -OCH3 is 3. The van der Waals surface area contributed by atoms with Gasteiger partial charge < -0.3 is 39.6 Å². The summed E-state index contributed by atoms with van der Waals surface area (Å²) in [4.78, 5) is 28.4. The maximum Gasteiger partial charge on any atom is 0.253 e. The van der Waals surface area contributed by atoms with Gasteiger partial charge in [0.2, 0.25) is 0 Å². The number of aliphatic hydroxyl groups is 1. The highest BCUT2D eigenvalue weighted by atomic mass is 16.5. The Labute approximate surface area is 284 Å². The highest BCUT2D eigenvalue weighted by Crippen LogP contribution is 2.36. The molecule has 1 saturated carbocycles. The molecule has 0 spiro atoms. The molecular weight excluding hydrogens is 610 g/mol. The lowest BCUT2D eigenvalue weighted by atomic mass is 9.83. The minimum atomic E-state index is -0.776. The van der Waals surface area contributed by atoms with E-state index in [2.05, 4.69) is 27.7 Å². The molecule has 4 atom stereocenters. The van der Waals surface area contributed by atoms with Crippen LogP contribution in [0.4, 0.5) is 11.4 Å². The van der Waals surface area contributed by atoms with Gasteiger partial charge in [-0.2, -0.15) is 0 Å². The van der Waals surface area contributed by atoms with E-state index in [9.17, 15) is 14.7 Å². The summed E-state index contributed by atoms with van der Waals surface area (Å²) in [7, 11) is 4.90. The maximum atomic E-state index is 13.2. The second-order valence-corrected chi connectivity index (χ2v) is 13.3. The van der Waals surface area contributed by atoms with E-state index in [0.717, 1.165) is 43.2 Å². The molecule has 10 heteroatoms. The lowest BCUT2D eigenvalue weighted by Gasteiger charge is -2.40. The van der Waals surface area contributed by atoms with Crippen molar-refractivity contribution in [3.63, 3.8) is 0 Å². The van der Waals surface area contributed by atoms with Crippen LogP contribution in [-0.2, 0) is 16.0 Å². The van der Waals surface area contributed by atoms with Gasteiger partial charge in [-0.15, -0.1) is 0 Å². The fraction of sp³-hybridized carbons (Fsp3) is 0.579. The summed E-state index contributed by atoms with van der Waals surface area (Å²) in [5.41, 5.74) is 1.91. The van der Waals surface area contributed by atoms with Gasteiger partial charge in [0, 0.05) is 45.3 Å². The van der Waals surface area contributed by atoms with Crippen LogP contribution >= 0.6 is 0 Å².